The second kappa shape index (κ2) is 13.6. The number of aromatic nitrogens is 3. The Hall–Kier alpha value is -7.69. The van der Waals surface area contributed by atoms with Gasteiger partial charge in [0.25, 0.3) is 0 Å². The molecule has 0 aliphatic heterocycles. The minimum Gasteiger partial charge on any atom is -0.455 e. The molecule has 0 spiro atoms. The van der Waals surface area contributed by atoms with E-state index >= 15 is 0 Å². The van der Waals surface area contributed by atoms with Gasteiger partial charge < -0.3 is 4.42 Å². The van der Waals surface area contributed by atoms with Gasteiger partial charge in [-0.15, -0.1) is 0 Å². The van der Waals surface area contributed by atoms with Crippen LogP contribution in [0.2, 0.25) is 0 Å². The van der Waals surface area contributed by atoms with E-state index in [1.807, 2.05) is 48.5 Å². The summed E-state index contributed by atoms with van der Waals surface area (Å²) in [5.74, 6) is 1.81. The van der Waals surface area contributed by atoms with Crippen LogP contribution in [0.1, 0.15) is 0 Å². The predicted octanol–water partition coefficient (Wildman–Crippen LogP) is 14.1. The van der Waals surface area contributed by atoms with Gasteiger partial charge in [0.2, 0.25) is 0 Å². The Morgan fingerprint density at radius 1 is 0.298 bits per heavy atom. The van der Waals surface area contributed by atoms with Crippen LogP contribution in [0.4, 0.5) is 0 Å². The van der Waals surface area contributed by atoms with E-state index in [-0.39, 0.29) is 0 Å². The van der Waals surface area contributed by atoms with E-state index in [2.05, 4.69) is 152 Å². The molecule has 9 aromatic carbocycles. The van der Waals surface area contributed by atoms with Gasteiger partial charge in [-0.3, -0.25) is 0 Å². The minimum absolute atomic E-state index is 0.591. The Balaban J connectivity index is 1.07. The largest absolute Gasteiger partial charge is 0.455 e. The van der Waals surface area contributed by atoms with Crippen LogP contribution >= 0.6 is 0 Å². The van der Waals surface area contributed by atoms with Gasteiger partial charge in [0.1, 0.15) is 11.2 Å². The Morgan fingerprint density at radius 2 is 0.842 bits per heavy atom. The fraction of sp³-hybridized carbons (Fsp3) is 0. The van der Waals surface area contributed by atoms with E-state index < -0.39 is 0 Å². The van der Waals surface area contributed by atoms with Crippen LogP contribution < -0.4 is 0 Å². The lowest BCUT2D eigenvalue weighted by Crippen LogP contribution is -2.00. The predicted molar refractivity (Wildman–Crippen MR) is 235 cm³/mol. The van der Waals surface area contributed by atoms with Gasteiger partial charge in [-0.25, -0.2) is 15.0 Å². The molecule has 0 amide bonds. The van der Waals surface area contributed by atoms with Crippen molar-refractivity contribution >= 4 is 43.5 Å². The molecule has 11 rings (SSSR count). The lowest BCUT2D eigenvalue weighted by Gasteiger charge is -2.13. The van der Waals surface area contributed by atoms with Gasteiger partial charge in [0, 0.05) is 33.0 Å². The summed E-state index contributed by atoms with van der Waals surface area (Å²) >= 11 is 0. The highest BCUT2D eigenvalue weighted by Crippen LogP contribution is 2.41. The number of nitrogens with zero attached hydrogens (tertiary/aromatic N) is 3. The molecular weight excluding hydrogens is 695 g/mol. The molecule has 0 unspecified atom stereocenters. The number of hydrogen-bond acceptors (Lipinski definition) is 4. The van der Waals surface area contributed by atoms with Crippen LogP contribution in [0.3, 0.4) is 0 Å². The summed E-state index contributed by atoms with van der Waals surface area (Å²) in [6.07, 6.45) is 0. The van der Waals surface area contributed by atoms with Crippen molar-refractivity contribution in [3.63, 3.8) is 0 Å². The number of hydrogen-bond donors (Lipinski definition) is 0. The Bertz CT molecular complexity index is 3280. The van der Waals surface area contributed by atoms with E-state index in [1.54, 1.807) is 0 Å². The fourth-order valence-electron chi connectivity index (χ4n) is 8.21. The molecule has 0 saturated carbocycles. The summed E-state index contributed by atoms with van der Waals surface area (Å²) in [6, 6.07) is 69.9. The first kappa shape index (κ1) is 32.7. The van der Waals surface area contributed by atoms with Gasteiger partial charge >= 0.3 is 0 Å². The molecule has 266 valence electrons. The zero-order valence-electron chi connectivity index (χ0n) is 30.8. The van der Waals surface area contributed by atoms with Crippen molar-refractivity contribution < 1.29 is 4.42 Å². The van der Waals surface area contributed by atoms with E-state index in [0.29, 0.717) is 17.5 Å². The topological polar surface area (TPSA) is 51.8 Å². The van der Waals surface area contributed by atoms with Crippen LogP contribution in [0, 0.1) is 0 Å². The highest BCUT2D eigenvalue weighted by molar-refractivity contribution is 6.16. The summed E-state index contributed by atoms with van der Waals surface area (Å²) in [5, 5.41) is 6.93. The zero-order valence-corrected chi connectivity index (χ0v) is 30.8. The van der Waals surface area contributed by atoms with E-state index in [9.17, 15) is 0 Å². The smallest absolute Gasteiger partial charge is 0.164 e. The van der Waals surface area contributed by atoms with Gasteiger partial charge in [-0.2, -0.15) is 0 Å². The molecule has 0 radical (unpaired) electrons. The van der Waals surface area contributed by atoms with E-state index in [0.717, 1.165) is 60.9 Å². The molecule has 2 heterocycles. The van der Waals surface area contributed by atoms with Gasteiger partial charge in [-0.05, 0) is 73.6 Å². The van der Waals surface area contributed by atoms with Crippen LogP contribution in [0.25, 0.3) is 111 Å². The maximum atomic E-state index is 6.61. The van der Waals surface area contributed by atoms with Gasteiger partial charge in [0.05, 0.1) is 0 Å². The molecule has 0 aliphatic rings. The first-order valence-electron chi connectivity index (χ1n) is 19.2. The Morgan fingerprint density at radius 3 is 1.61 bits per heavy atom. The Kier molecular flexibility index (Phi) is 7.78. The minimum atomic E-state index is 0.591. The van der Waals surface area contributed by atoms with Crippen molar-refractivity contribution in [2.24, 2.45) is 0 Å². The quantitative estimate of drug-likeness (QED) is 0.160. The number of furan rings is 1. The summed E-state index contributed by atoms with van der Waals surface area (Å²) < 4.78 is 6.61. The standard InChI is InChI=1S/C53H33N3O/c1-4-15-34(16-5-1)42-25-13-26-45-49-46(27-14-28-48(49)57-50(42)45)53-55-51(36-19-8-3-9-20-36)54-52(56-53)39-22-12-21-37(31-39)38-29-30-41-40(32-38)33-47(35-17-6-2-7-18-35)44-24-11-10-23-43(41)44/h1-33H. The molecule has 0 N–H and O–H groups in total. The van der Waals surface area contributed by atoms with Crippen LogP contribution in [-0.2, 0) is 0 Å². The molecule has 0 bridgehead atoms. The molecule has 0 atom stereocenters. The molecular formula is C53H33N3O. The highest BCUT2D eigenvalue weighted by atomic mass is 16.3. The van der Waals surface area contributed by atoms with Crippen LogP contribution in [0.15, 0.2) is 205 Å². The second-order valence-corrected chi connectivity index (χ2v) is 14.4. The SMILES string of the molecule is c1ccc(-c2nc(-c3cccc(-c4ccc5c(c4)cc(-c4ccccc4)c4ccccc45)c3)nc(-c3cccc4oc5c(-c6ccccc6)cccc5c34)n2)cc1. The monoisotopic (exact) mass is 727 g/mol. The highest BCUT2D eigenvalue weighted by Gasteiger charge is 2.20. The van der Waals surface area contributed by atoms with Crippen molar-refractivity contribution in [2.75, 3.05) is 0 Å². The summed E-state index contributed by atoms with van der Waals surface area (Å²) in [7, 11) is 0. The molecule has 0 saturated heterocycles. The van der Waals surface area contributed by atoms with Crippen molar-refractivity contribution in [1.29, 1.82) is 0 Å². The molecule has 57 heavy (non-hydrogen) atoms. The fourth-order valence-corrected chi connectivity index (χ4v) is 8.21. The summed E-state index contributed by atoms with van der Waals surface area (Å²) in [4.78, 5) is 15.4. The van der Waals surface area contributed by atoms with Gasteiger partial charge in [0.15, 0.2) is 17.5 Å². The lowest BCUT2D eigenvalue weighted by atomic mass is 9.91. The normalized spacial score (nSPS) is 11.5. The number of fused-ring (bicyclic) bond motifs is 6. The number of para-hydroxylation sites is 1. The van der Waals surface area contributed by atoms with Crippen LogP contribution in [-0.4, -0.2) is 15.0 Å². The molecule has 0 fully saturated rings. The number of rotatable bonds is 6. The van der Waals surface area contributed by atoms with E-state index in [1.165, 1.54) is 32.7 Å². The molecule has 2 aromatic heterocycles. The maximum Gasteiger partial charge on any atom is 0.164 e. The maximum absolute atomic E-state index is 6.61. The Labute approximate surface area is 329 Å². The summed E-state index contributed by atoms with van der Waals surface area (Å²) in [5.41, 5.74) is 11.2. The second-order valence-electron chi connectivity index (χ2n) is 14.4. The van der Waals surface area contributed by atoms with Crippen molar-refractivity contribution in [1.82, 2.24) is 15.0 Å². The third-order valence-corrected chi connectivity index (χ3v) is 10.9. The third-order valence-electron chi connectivity index (χ3n) is 10.9. The van der Waals surface area contributed by atoms with E-state index in [4.69, 9.17) is 19.4 Å². The average molecular weight is 728 g/mol. The first-order valence-corrected chi connectivity index (χ1v) is 19.2. The van der Waals surface area contributed by atoms with Gasteiger partial charge in [-0.1, -0.05) is 176 Å². The van der Waals surface area contributed by atoms with Crippen LogP contribution in [0.5, 0.6) is 0 Å². The van der Waals surface area contributed by atoms with Crippen molar-refractivity contribution in [3.8, 4) is 67.5 Å². The van der Waals surface area contributed by atoms with Crippen molar-refractivity contribution in [3.05, 3.63) is 200 Å². The molecule has 11 aromatic rings. The third kappa shape index (κ3) is 5.74. The molecule has 4 nitrogen and oxygen atoms in total. The summed E-state index contributed by atoms with van der Waals surface area (Å²) in [6.45, 7) is 0. The number of benzene rings is 9. The zero-order chi connectivity index (χ0) is 37.7. The van der Waals surface area contributed by atoms with Crippen molar-refractivity contribution in [2.45, 2.75) is 0 Å². The first-order chi connectivity index (χ1) is 28.2. The molecule has 0 aliphatic carbocycles. The molecule has 4 heteroatoms. The lowest BCUT2D eigenvalue weighted by molar-refractivity contribution is 0.670. The average Bonchev–Trinajstić information content (AvgIpc) is 3.69.